The van der Waals surface area contributed by atoms with Crippen molar-refractivity contribution in [1.29, 1.82) is 0 Å². The minimum absolute atomic E-state index is 0.163. The van der Waals surface area contributed by atoms with Crippen molar-refractivity contribution in [1.82, 2.24) is 29.9 Å². The number of benzene rings is 2. The van der Waals surface area contributed by atoms with Crippen LogP contribution in [0.2, 0.25) is 0 Å². The van der Waals surface area contributed by atoms with Gasteiger partial charge in [0.2, 0.25) is 0 Å². The molecule has 1 fully saturated rings. The van der Waals surface area contributed by atoms with Gasteiger partial charge in [-0.3, -0.25) is 4.79 Å². The van der Waals surface area contributed by atoms with E-state index in [2.05, 4.69) is 20.2 Å². The molecular weight excluding hydrogens is 435 g/mol. The fourth-order valence-corrected chi connectivity index (χ4v) is 4.15. The molecule has 0 bridgehead atoms. The molecule has 9 heteroatoms. The summed E-state index contributed by atoms with van der Waals surface area (Å²) in [6.45, 7) is 3.10. The molecule has 5 rings (SSSR count). The summed E-state index contributed by atoms with van der Waals surface area (Å²) >= 11 is 0. The first-order valence-electron chi connectivity index (χ1n) is 11.0. The highest BCUT2D eigenvalue weighted by Gasteiger charge is 2.31. The van der Waals surface area contributed by atoms with Gasteiger partial charge in [-0.1, -0.05) is 6.07 Å². The number of nitrogens with zero attached hydrogens (tertiary/aromatic N) is 6. The Labute approximate surface area is 196 Å². The van der Waals surface area contributed by atoms with Gasteiger partial charge in [-0.2, -0.15) is 15.0 Å². The fourth-order valence-electron chi connectivity index (χ4n) is 4.15. The van der Waals surface area contributed by atoms with E-state index in [4.69, 9.17) is 4.74 Å². The van der Waals surface area contributed by atoms with Crippen LogP contribution in [0, 0.1) is 12.7 Å². The summed E-state index contributed by atoms with van der Waals surface area (Å²) in [5.74, 6) is 0.0190. The van der Waals surface area contributed by atoms with Crippen molar-refractivity contribution < 1.29 is 13.9 Å². The van der Waals surface area contributed by atoms with Gasteiger partial charge in [0.05, 0.1) is 42.9 Å². The topological polar surface area (TPSA) is 86.0 Å². The van der Waals surface area contributed by atoms with E-state index in [0.717, 1.165) is 11.1 Å². The molecule has 1 saturated heterocycles. The second-order valence-electron chi connectivity index (χ2n) is 8.15. The number of ether oxygens (including phenoxy) is 1. The molecule has 4 aromatic rings. The zero-order valence-electron chi connectivity index (χ0n) is 18.6. The first kappa shape index (κ1) is 21.8. The Bertz CT molecular complexity index is 1300. The number of amides is 1. The lowest BCUT2D eigenvalue weighted by molar-refractivity contribution is -0.00185. The van der Waals surface area contributed by atoms with Gasteiger partial charge < -0.3 is 9.64 Å². The molecule has 0 N–H and O–H groups in total. The summed E-state index contributed by atoms with van der Waals surface area (Å²) in [5.41, 5.74) is 3.29. The van der Waals surface area contributed by atoms with E-state index in [1.807, 2.05) is 19.1 Å². The SMILES string of the molecule is Cc1ccc(C(=O)N2CCOCC2Cc2cc(-c3ncccn3)ccc2F)c(-n2nccn2)c1. The van der Waals surface area contributed by atoms with Crippen LogP contribution in [-0.4, -0.2) is 61.6 Å². The first-order valence-corrected chi connectivity index (χ1v) is 11.0. The average molecular weight is 458 g/mol. The third-order valence-corrected chi connectivity index (χ3v) is 5.83. The van der Waals surface area contributed by atoms with Gasteiger partial charge >= 0.3 is 0 Å². The lowest BCUT2D eigenvalue weighted by Crippen LogP contribution is -2.50. The van der Waals surface area contributed by atoms with Gasteiger partial charge in [0, 0.05) is 24.5 Å². The molecule has 1 aliphatic heterocycles. The smallest absolute Gasteiger partial charge is 0.256 e. The molecule has 2 aromatic heterocycles. The number of carbonyl (C=O) groups excluding carboxylic acids is 1. The van der Waals surface area contributed by atoms with Gasteiger partial charge in [-0.25, -0.2) is 14.4 Å². The Morgan fingerprint density at radius 2 is 1.88 bits per heavy atom. The molecule has 34 heavy (non-hydrogen) atoms. The molecule has 172 valence electrons. The van der Waals surface area contributed by atoms with E-state index >= 15 is 0 Å². The largest absolute Gasteiger partial charge is 0.377 e. The molecular formula is C25H23FN6O2. The predicted molar refractivity (Wildman–Crippen MR) is 123 cm³/mol. The minimum Gasteiger partial charge on any atom is -0.377 e. The minimum atomic E-state index is -0.339. The zero-order chi connectivity index (χ0) is 23.5. The number of hydrogen-bond acceptors (Lipinski definition) is 6. The van der Waals surface area contributed by atoms with Crippen molar-refractivity contribution in [3.05, 3.63) is 89.8 Å². The molecule has 3 heterocycles. The van der Waals surface area contributed by atoms with Crippen LogP contribution in [0.15, 0.2) is 67.3 Å². The van der Waals surface area contributed by atoms with E-state index < -0.39 is 0 Å². The summed E-state index contributed by atoms with van der Waals surface area (Å²) in [4.78, 5) is 25.4. The third kappa shape index (κ3) is 4.42. The Balaban J connectivity index is 1.45. The standard InChI is InChI=1S/C25H23FN6O2/c1-17-3-5-21(23(13-17)32-29-9-10-30-32)25(33)31-11-12-34-16-20(31)15-19-14-18(4-6-22(19)26)24-27-7-2-8-28-24/h2-10,13-14,20H,11-12,15-16H2,1H3. The summed E-state index contributed by atoms with van der Waals surface area (Å²) in [6.07, 6.45) is 6.74. The number of carbonyl (C=O) groups is 1. The van der Waals surface area contributed by atoms with Crippen molar-refractivity contribution >= 4 is 5.91 Å². The molecule has 1 amide bonds. The highest BCUT2D eigenvalue weighted by Crippen LogP contribution is 2.24. The fraction of sp³-hybridized carbons (Fsp3) is 0.240. The number of rotatable bonds is 5. The molecule has 1 aliphatic rings. The van der Waals surface area contributed by atoms with Crippen LogP contribution in [0.4, 0.5) is 4.39 Å². The van der Waals surface area contributed by atoms with E-state index in [1.54, 1.807) is 54.0 Å². The van der Waals surface area contributed by atoms with Crippen molar-refractivity contribution in [2.24, 2.45) is 0 Å². The van der Waals surface area contributed by atoms with Crippen molar-refractivity contribution in [3.8, 4) is 17.1 Å². The molecule has 1 unspecified atom stereocenters. The van der Waals surface area contributed by atoms with E-state index in [9.17, 15) is 9.18 Å². The van der Waals surface area contributed by atoms with Crippen LogP contribution >= 0.6 is 0 Å². The number of halogens is 1. The van der Waals surface area contributed by atoms with Crippen LogP contribution in [-0.2, 0) is 11.2 Å². The highest BCUT2D eigenvalue weighted by molar-refractivity contribution is 5.98. The second kappa shape index (κ2) is 9.48. The molecule has 0 saturated carbocycles. The molecule has 1 atom stereocenters. The van der Waals surface area contributed by atoms with Crippen LogP contribution < -0.4 is 0 Å². The second-order valence-corrected chi connectivity index (χ2v) is 8.15. The highest BCUT2D eigenvalue weighted by atomic mass is 19.1. The Hall–Kier alpha value is -3.98. The van der Waals surface area contributed by atoms with Gasteiger partial charge in [0.1, 0.15) is 5.82 Å². The third-order valence-electron chi connectivity index (χ3n) is 5.83. The van der Waals surface area contributed by atoms with E-state index in [1.165, 1.54) is 10.9 Å². The lowest BCUT2D eigenvalue weighted by Gasteiger charge is -2.36. The normalized spacial score (nSPS) is 15.9. The number of morpholine rings is 1. The number of aryl methyl sites for hydroxylation is 1. The van der Waals surface area contributed by atoms with Crippen LogP contribution in [0.3, 0.4) is 0 Å². The molecule has 0 spiro atoms. The van der Waals surface area contributed by atoms with Crippen molar-refractivity contribution in [3.63, 3.8) is 0 Å². The molecule has 0 radical (unpaired) electrons. The maximum absolute atomic E-state index is 14.8. The molecule has 8 nitrogen and oxygen atoms in total. The average Bonchev–Trinajstić information content (AvgIpc) is 3.41. The summed E-state index contributed by atoms with van der Waals surface area (Å²) in [7, 11) is 0. The van der Waals surface area contributed by atoms with Crippen LogP contribution in [0.25, 0.3) is 17.1 Å². The van der Waals surface area contributed by atoms with Crippen LogP contribution in [0.1, 0.15) is 21.5 Å². The maximum Gasteiger partial charge on any atom is 0.256 e. The quantitative estimate of drug-likeness (QED) is 0.456. The van der Waals surface area contributed by atoms with Gasteiger partial charge in [-0.15, -0.1) is 0 Å². The van der Waals surface area contributed by atoms with Crippen molar-refractivity contribution in [2.75, 3.05) is 19.8 Å². The van der Waals surface area contributed by atoms with Crippen LogP contribution in [0.5, 0.6) is 0 Å². The Kier molecular flexibility index (Phi) is 6.09. The first-order chi connectivity index (χ1) is 16.6. The van der Waals surface area contributed by atoms with Gasteiger partial charge in [-0.05, 0) is 60.9 Å². The van der Waals surface area contributed by atoms with Gasteiger partial charge in [0.15, 0.2) is 5.82 Å². The van der Waals surface area contributed by atoms with E-state index in [-0.39, 0.29) is 17.8 Å². The molecule has 0 aliphatic carbocycles. The lowest BCUT2D eigenvalue weighted by atomic mass is 9.99. The summed E-state index contributed by atoms with van der Waals surface area (Å²) in [5, 5.41) is 8.40. The molecule has 2 aromatic carbocycles. The van der Waals surface area contributed by atoms with E-state index in [0.29, 0.717) is 48.8 Å². The monoisotopic (exact) mass is 458 g/mol. The predicted octanol–water partition coefficient (Wildman–Crippen LogP) is 3.26. The van der Waals surface area contributed by atoms with Crippen molar-refractivity contribution in [2.45, 2.75) is 19.4 Å². The zero-order valence-corrected chi connectivity index (χ0v) is 18.6. The summed E-state index contributed by atoms with van der Waals surface area (Å²) < 4.78 is 20.5. The number of aromatic nitrogens is 5. The summed E-state index contributed by atoms with van der Waals surface area (Å²) in [6, 6.07) is 11.8. The Morgan fingerprint density at radius 3 is 2.68 bits per heavy atom. The number of hydrogen-bond donors (Lipinski definition) is 0. The maximum atomic E-state index is 14.8. The van der Waals surface area contributed by atoms with Gasteiger partial charge in [0.25, 0.3) is 5.91 Å². The Morgan fingerprint density at radius 1 is 1.09 bits per heavy atom.